The molecule has 0 radical (unpaired) electrons. The summed E-state index contributed by atoms with van der Waals surface area (Å²) in [5.41, 5.74) is 5.35. The third kappa shape index (κ3) is 2.52. The molecule has 27 heavy (non-hydrogen) atoms. The fourth-order valence-electron chi connectivity index (χ4n) is 3.36. The van der Waals surface area contributed by atoms with Crippen molar-refractivity contribution in [1.82, 2.24) is 9.38 Å². The van der Waals surface area contributed by atoms with Gasteiger partial charge in [0.1, 0.15) is 11.4 Å². The van der Waals surface area contributed by atoms with Crippen LogP contribution in [0, 0.1) is 0 Å². The Morgan fingerprint density at radius 3 is 2.67 bits per heavy atom. The van der Waals surface area contributed by atoms with Crippen LogP contribution in [0.15, 0.2) is 47.8 Å². The van der Waals surface area contributed by atoms with E-state index in [0.717, 1.165) is 46.0 Å². The largest absolute Gasteiger partial charge is 0.454 e. The molecule has 134 valence electrons. The summed E-state index contributed by atoms with van der Waals surface area (Å²) in [6.45, 7) is 2.36. The second-order valence-electron chi connectivity index (χ2n) is 6.32. The molecule has 5 rings (SSSR count). The Kier molecular flexibility index (Phi) is 3.72. The van der Waals surface area contributed by atoms with Gasteiger partial charge >= 0.3 is 0 Å². The summed E-state index contributed by atoms with van der Waals surface area (Å²) in [7, 11) is 0. The van der Waals surface area contributed by atoms with Gasteiger partial charge in [0, 0.05) is 16.5 Å². The van der Waals surface area contributed by atoms with E-state index in [1.54, 1.807) is 0 Å². The van der Waals surface area contributed by atoms with Crippen LogP contribution in [-0.2, 0) is 6.42 Å². The Morgan fingerprint density at radius 2 is 1.89 bits per heavy atom. The predicted octanol–water partition coefficient (Wildman–Crippen LogP) is 4.83. The molecule has 5 nitrogen and oxygen atoms in total. The van der Waals surface area contributed by atoms with Crippen molar-refractivity contribution in [2.24, 2.45) is 0 Å². The van der Waals surface area contributed by atoms with Gasteiger partial charge in [-0.15, -0.1) is 11.3 Å². The zero-order chi connectivity index (χ0) is 18.4. The van der Waals surface area contributed by atoms with Gasteiger partial charge in [-0.05, 0) is 30.2 Å². The second-order valence-corrected chi connectivity index (χ2v) is 7.16. The van der Waals surface area contributed by atoms with Gasteiger partial charge in [-0.25, -0.2) is 4.98 Å². The fourth-order valence-corrected chi connectivity index (χ4v) is 4.26. The molecule has 1 aliphatic heterocycles. The van der Waals surface area contributed by atoms with Crippen molar-refractivity contribution in [2.75, 3.05) is 6.79 Å². The monoisotopic (exact) mass is 376 g/mol. The summed E-state index contributed by atoms with van der Waals surface area (Å²) >= 11 is 1.52. The molecule has 0 saturated heterocycles. The first-order valence-corrected chi connectivity index (χ1v) is 9.61. The highest BCUT2D eigenvalue weighted by Crippen LogP contribution is 2.38. The quantitative estimate of drug-likeness (QED) is 0.479. The highest BCUT2D eigenvalue weighted by molar-refractivity contribution is 7.15. The van der Waals surface area contributed by atoms with Crippen LogP contribution in [0.2, 0.25) is 0 Å². The van der Waals surface area contributed by atoms with Gasteiger partial charge < -0.3 is 9.47 Å². The fraction of sp³-hybridized carbons (Fsp3) is 0.143. The lowest BCUT2D eigenvalue weighted by Crippen LogP contribution is -1.94. The van der Waals surface area contributed by atoms with Crippen LogP contribution in [0.1, 0.15) is 23.0 Å². The second kappa shape index (κ2) is 6.25. The van der Waals surface area contributed by atoms with E-state index in [4.69, 9.17) is 14.5 Å². The maximum Gasteiger partial charge on any atom is 0.231 e. The normalized spacial score (nSPS) is 12.6. The number of aromatic nitrogens is 2. The third-order valence-electron chi connectivity index (χ3n) is 4.81. The Bertz CT molecular complexity index is 1160. The number of hydrogen-bond acceptors (Lipinski definition) is 5. The van der Waals surface area contributed by atoms with E-state index in [-0.39, 0.29) is 6.79 Å². The molecule has 0 unspecified atom stereocenters. The summed E-state index contributed by atoms with van der Waals surface area (Å²) in [5.74, 6) is 1.46. The lowest BCUT2D eigenvalue weighted by atomic mass is 10.1. The number of fused-ring (bicyclic) bond motifs is 2. The van der Waals surface area contributed by atoms with Crippen LogP contribution in [0.25, 0.3) is 27.5 Å². The first-order chi connectivity index (χ1) is 13.3. The van der Waals surface area contributed by atoms with Crippen LogP contribution in [-0.4, -0.2) is 22.5 Å². The van der Waals surface area contributed by atoms with Crippen LogP contribution >= 0.6 is 11.3 Å². The molecule has 2 aromatic heterocycles. The van der Waals surface area contributed by atoms with Gasteiger partial charge in [-0.1, -0.05) is 31.2 Å². The van der Waals surface area contributed by atoms with Gasteiger partial charge in [0.15, 0.2) is 22.7 Å². The van der Waals surface area contributed by atoms with Crippen molar-refractivity contribution in [1.29, 1.82) is 0 Å². The first-order valence-electron chi connectivity index (χ1n) is 8.73. The summed E-state index contributed by atoms with van der Waals surface area (Å²) in [6.07, 6.45) is 1.86. The van der Waals surface area contributed by atoms with E-state index in [2.05, 4.69) is 19.1 Å². The summed E-state index contributed by atoms with van der Waals surface area (Å²) in [4.78, 5) is 17.5. The maximum absolute atomic E-state index is 12.0. The van der Waals surface area contributed by atoms with Crippen molar-refractivity contribution in [2.45, 2.75) is 13.3 Å². The van der Waals surface area contributed by atoms with Crippen molar-refractivity contribution in [3.05, 3.63) is 59.1 Å². The molecular formula is C21H16N2O3S. The minimum atomic E-state index is 0.237. The number of hydrogen-bond donors (Lipinski definition) is 0. The molecular weight excluding hydrogens is 360 g/mol. The van der Waals surface area contributed by atoms with E-state index < -0.39 is 0 Å². The van der Waals surface area contributed by atoms with Gasteiger partial charge in [0.25, 0.3) is 0 Å². The van der Waals surface area contributed by atoms with Crippen LogP contribution in [0.3, 0.4) is 0 Å². The van der Waals surface area contributed by atoms with E-state index >= 15 is 0 Å². The average Bonchev–Trinajstić information content (AvgIpc) is 3.41. The molecule has 1 aliphatic rings. The number of nitrogens with zero attached hydrogens (tertiary/aromatic N) is 2. The molecule has 6 heteroatoms. The number of thiazole rings is 1. The van der Waals surface area contributed by atoms with Gasteiger partial charge in [-0.2, -0.15) is 0 Å². The van der Waals surface area contributed by atoms with Crippen molar-refractivity contribution in [3.63, 3.8) is 0 Å². The number of imidazole rings is 1. The van der Waals surface area contributed by atoms with Gasteiger partial charge in [-0.3, -0.25) is 9.20 Å². The van der Waals surface area contributed by atoms with Crippen molar-refractivity contribution in [3.8, 4) is 34.0 Å². The minimum Gasteiger partial charge on any atom is -0.454 e. The zero-order valence-electron chi connectivity index (χ0n) is 14.6. The molecule has 3 heterocycles. The summed E-state index contributed by atoms with van der Waals surface area (Å²) in [5, 5.41) is 2.01. The predicted molar refractivity (Wildman–Crippen MR) is 105 cm³/mol. The molecule has 2 aromatic carbocycles. The van der Waals surface area contributed by atoms with Crippen molar-refractivity contribution >= 4 is 22.6 Å². The topological polar surface area (TPSA) is 52.8 Å². The Balaban J connectivity index is 1.67. The molecule has 0 N–H and O–H groups in total. The highest BCUT2D eigenvalue weighted by atomic mass is 32.1. The van der Waals surface area contributed by atoms with E-state index in [1.165, 1.54) is 16.9 Å². The molecule has 0 bridgehead atoms. The van der Waals surface area contributed by atoms with E-state index in [9.17, 15) is 4.79 Å². The average molecular weight is 376 g/mol. The summed E-state index contributed by atoms with van der Waals surface area (Å²) < 4.78 is 12.8. The van der Waals surface area contributed by atoms with Gasteiger partial charge in [0.2, 0.25) is 6.79 Å². The Morgan fingerprint density at radius 1 is 1.11 bits per heavy atom. The number of aryl methyl sites for hydroxylation is 1. The molecule has 0 fully saturated rings. The Labute approximate surface area is 159 Å². The SMILES string of the molecule is CCc1ccc(-c2nc3scc(-c4ccc5c(c4)OCO5)n3c2C=O)cc1. The van der Waals surface area contributed by atoms with Gasteiger partial charge in [0.05, 0.1) is 5.69 Å². The lowest BCUT2D eigenvalue weighted by molar-refractivity contribution is 0.111. The maximum atomic E-state index is 12.0. The molecule has 0 saturated carbocycles. The van der Waals surface area contributed by atoms with Crippen LogP contribution < -0.4 is 9.47 Å². The minimum absolute atomic E-state index is 0.237. The van der Waals surface area contributed by atoms with E-state index in [1.807, 2.05) is 40.1 Å². The number of carbonyl (C=O) groups is 1. The highest BCUT2D eigenvalue weighted by Gasteiger charge is 2.20. The summed E-state index contributed by atoms with van der Waals surface area (Å²) in [6, 6.07) is 14.0. The van der Waals surface area contributed by atoms with Crippen LogP contribution in [0.5, 0.6) is 11.5 Å². The zero-order valence-corrected chi connectivity index (χ0v) is 15.5. The lowest BCUT2D eigenvalue weighted by Gasteiger charge is -2.04. The molecule has 0 aliphatic carbocycles. The standard InChI is InChI=1S/C21H16N2O3S/c1-2-13-3-5-14(6-4-13)20-16(10-24)23-17(11-27-21(23)22-20)15-7-8-18-19(9-15)26-12-25-18/h3-11H,2,12H2,1H3. The molecule has 4 aromatic rings. The number of rotatable bonds is 4. The van der Waals surface area contributed by atoms with E-state index in [0.29, 0.717) is 11.4 Å². The molecule has 0 amide bonds. The van der Waals surface area contributed by atoms with Crippen LogP contribution in [0.4, 0.5) is 0 Å². The number of carbonyl (C=O) groups excluding carboxylic acids is 1. The molecule has 0 atom stereocenters. The molecule has 0 spiro atoms. The number of aldehydes is 1. The number of ether oxygens (including phenoxy) is 2. The third-order valence-corrected chi connectivity index (χ3v) is 5.64. The first kappa shape index (κ1) is 16.1. The van der Waals surface area contributed by atoms with Crippen molar-refractivity contribution < 1.29 is 14.3 Å². The Hall–Kier alpha value is -3.12. The smallest absolute Gasteiger partial charge is 0.231 e. The number of benzene rings is 2.